The van der Waals surface area contributed by atoms with E-state index in [0.717, 1.165) is 24.0 Å². The molecule has 2 aromatic heterocycles. The van der Waals surface area contributed by atoms with Gasteiger partial charge < -0.3 is 0 Å². The zero-order valence-corrected chi connectivity index (χ0v) is 10.3. The molecule has 0 aliphatic heterocycles. The Morgan fingerprint density at radius 1 is 0.944 bits per heavy atom. The fraction of sp³-hybridized carbons (Fsp3) is 0.333. The Labute approximate surface area is 104 Å². The number of rotatable bonds is 5. The first-order valence-corrected chi connectivity index (χ1v) is 5.63. The van der Waals surface area contributed by atoms with Crippen molar-refractivity contribution in [2.45, 2.75) is 26.9 Å². The van der Waals surface area contributed by atoms with E-state index in [1.807, 2.05) is 13.8 Å². The molecule has 0 radical (unpaired) electrons. The second kappa shape index (κ2) is 4.95. The van der Waals surface area contributed by atoms with Crippen molar-refractivity contribution < 1.29 is 9.59 Å². The van der Waals surface area contributed by atoms with Crippen LogP contribution in [0.15, 0.2) is 12.1 Å². The summed E-state index contributed by atoms with van der Waals surface area (Å²) in [6.07, 6.45) is 1.46. The van der Waals surface area contributed by atoms with E-state index in [4.69, 9.17) is 0 Å². The molecule has 0 saturated carbocycles. The third kappa shape index (κ3) is 2.37. The standard InChI is InChI=1S/C12H14N4O2/c1-9-5-11(7-17)13-15(9)3-4-16-10(2)6-12(8-18)14-16/h5-8H,3-4H2,1-2H3. The van der Waals surface area contributed by atoms with Crippen molar-refractivity contribution in [2.24, 2.45) is 0 Å². The van der Waals surface area contributed by atoms with Crippen molar-refractivity contribution in [3.8, 4) is 0 Å². The summed E-state index contributed by atoms with van der Waals surface area (Å²) in [5.41, 5.74) is 2.71. The van der Waals surface area contributed by atoms with Gasteiger partial charge in [0.2, 0.25) is 0 Å². The Bertz CT molecular complexity index is 531. The van der Waals surface area contributed by atoms with Crippen LogP contribution in [0.4, 0.5) is 0 Å². The normalized spacial score (nSPS) is 10.6. The number of hydrogen-bond donors (Lipinski definition) is 0. The molecule has 0 N–H and O–H groups in total. The van der Waals surface area contributed by atoms with Gasteiger partial charge >= 0.3 is 0 Å². The average Bonchev–Trinajstić information content (AvgIpc) is 2.90. The van der Waals surface area contributed by atoms with Gasteiger partial charge in [-0.25, -0.2) is 0 Å². The molecular formula is C12H14N4O2. The SMILES string of the molecule is Cc1cc(C=O)nn1CCn1nc(C=O)cc1C. The summed E-state index contributed by atoms with van der Waals surface area (Å²) in [7, 11) is 0. The van der Waals surface area contributed by atoms with E-state index in [0.29, 0.717) is 24.5 Å². The second-order valence-electron chi connectivity index (χ2n) is 4.10. The highest BCUT2D eigenvalue weighted by Crippen LogP contribution is 2.04. The van der Waals surface area contributed by atoms with Crippen LogP contribution < -0.4 is 0 Å². The molecule has 2 heterocycles. The Hall–Kier alpha value is -2.24. The van der Waals surface area contributed by atoms with Gasteiger partial charge in [-0.15, -0.1) is 0 Å². The Morgan fingerprint density at radius 3 is 1.61 bits per heavy atom. The molecule has 0 spiro atoms. The van der Waals surface area contributed by atoms with E-state index in [-0.39, 0.29) is 0 Å². The van der Waals surface area contributed by atoms with Gasteiger partial charge in [0, 0.05) is 11.4 Å². The summed E-state index contributed by atoms with van der Waals surface area (Å²) in [5, 5.41) is 8.28. The highest BCUT2D eigenvalue weighted by molar-refractivity contribution is 5.72. The quantitative estimate of drug-likeness (QED) is 0.738. The number of carbonyl (C=O) groups excluding carboxylic acids is 2. The molecule has 0 aromatic carbocycles. The van der Waals surface area contributed by atoms with Crippen LogP contribution in [-0.2, 0) is 13.1 Å². The predicted molar refractivity (Wildman–Crippen MR) is 64.7 cm³/mol. The molecule has 6 heteroatoms. The number of hydrogen-bond acceptors (Lipinski definition) is 4. The number of carbonyl (C=O) groups is 2. The van der Waals surface area contributed by atoms with Crippen LogP contribution in [0.1, 0.15) is 32.4 Å². The molecule has 18 heavy (non-hydrogen) atoms. The zero-order valence-electron chi connectivity index (χ0n) is 10.3. The maximum atomic E-state index is 10.6. The Kier molecular flexibility index (Phi) is 3.36. The maximum absolute atomic E-state index is 10.6. The Morgan fingerprint density at radius 2 is 1.33 bits per heavy atom. The molecule has 0 saturated heterocycles. The highest BCUT2D eigenvalue weighted by atomic mass is 16.1. The van der Waals surface area contributed by atoms with Crippen LogP contribution in [0.25, 0.3) is 0 Å². The van der Waals surface area contributed by atoms with Crippen LogP contribution >= 0.6 is 0 Å². The molecular weight excluding hydrogens is 232 g/mol. The first kappa shape index (κ1) is 12.2. The van der Waals surface area contributed by atoms with Gasteiger partial charge in [-0.2, -0.15) is 10.2 Å². The van der Waals surface area contributed by atoms with Gasteiger partial charge in [0.1, 0.15) is 11.4 Å². The molecule has 94 valence electrons. The largest absolute Gasteiger partial charge is 0.296 e. The molecule has 0 aliphatic rings. The van der Waals surface area contributed by atoms with E-state index in [1.165, 1.54) is 0 Å². The number of aldehydes is 2. The van der Waals surface area contributed by atoms with E-state index in [1.54, 1.807) is 21.5 Å². The molecule has 2 aromatic rings. The third-order valence-electron chi connectivity index (χ3n) is 2.77. The minimum atomic E-state index is 0.429. The van der Waals surface area contributed by atoms with Crippen molar-refractivity contribution in [1.29, 1.82) is 0 Å². The molecule has 0 bridgehead atoms. The lowest BCUT2D eigenvalue weighted by Gasteiger charge is -2.06. The van der Waals surface area contributed by atoms with Crippen LogP contribution in [0.3, 0.4) is 0 Å². The number of aryl methyl sites for hydroxylation is 4. The summed E-state index contributed by atoms with van der Waals surface area (Å²) in [4.78, 5) is 21.2. The summed E-state index contributed by atoms with van der Waals surface area (Å²) < 4.78 is 3.51. The van der Waals surface area contributed by atoms with Crippen LogP contribution in [0.2, 0.25) is 0 Å². The fourth-order valence-electron chi connectivity index (χ4n) is 1.83. The van der Waals surface area contributed by atoms with Crippen molar-refractivity contribution >= 4 is 12.6 Å². The second-order valence-corrected chi connectivity index (χ2v) is 4.10. The molecule has 6 nitrogen and oxygen atoms in total. The smallest absolute Gasteiger partial charge is 0.170 e. The average molecular weight is 246 g/mol. The maximum Gasteiger partial charge on any atom is 0.170 e. The monoisotopic (exact) mass is 246 g/mol. The molecule has 2 rings (SSSR count). The lowest BCUT2D eigenvalue weighted by Crippen LogP contribution is -2.12. The minimum absolute atomic E-state index is 0.429. The first-order chi connectivity index (χ1) is 8.63. The van der Waals surface area contributed by atoms with Crippen LogP contribution in [0.5, 0.6) is 0 Å². The molecule has 0 atom stereocenters. The summed E-state index contributed by atoms with van der Waals surface area (Å²) in [6.45, 7) is 5.01. The van der Waals surface area contributed by atoms with Gasteiger partial charge in [0.25, 0.3) is 0 Å². The van der Waals surface area contributed by atoms with E-state index < -0.39 is 0 Å². The van der Waals surface area contributed by atoms with Crippen molar-refractivity contribution in [1.82, 2.24) is 19.6 Å². The Balaban J connectivity index is 2.10. The van der Waals surface area contributed by atoms with Gasteiger partial charge in [0.15, 0.2) is 12.6 Å². The molecule has 0 fully saturated rings. The number of aromatic nitrogens is 4. The summed E-state index contributed by atoms with van der Waals surface area (Å²) in [5.74, 6) is 0. The molecule has 0 amide bonds. The van der Waals surface area contributed by atoms with Crippen LogP contribution in [-0.4, -0.2) is 32.1 Å². The van der Waals surface area contributed by atoms with Crippen molar-refractivity contribution in [3.63, 3.8) is 0 Å². The van der Waals surface area contributed by atoms with Gasteiger partial charge in [-0.05, 0) is 26.0 Å². The van der Waals surface area contributed by atoms with E-state index in [9.17, 15) is 9.59 Å². The summed E-state index contributed by atoms with van der Waals surface area (Å²) >= 11 is 0. The number of nitrogens with zero attached hydrogens (tertiary/aromatic N) is 4. The van der Waals surface area contributed by atoms with E-state index >= 15 is 0 Å². The van der Waals surface area contributed by atoms with Crippen LogP contribution in [0, 0.1) is 13.8 Å². The molecule has 0 aliphatic carbocycles. The first-order valence-electron chi connectivity index (χ1n) is 5.63. The van der Waals surface area contributed by atoms with Gasteiger partial charge in [-0.1, -0.05) is 0 Å². The van der Waals surface area contributed by atoms with Crippen molar-refractivity contribution in [3.05, 3.63) is 34.9 Å². The van der Waals surface area contributed by atoms with E-state index in [2.05, 4.69) is 10.2 Å². The fourth-order valence-corrected chi connectivity index (χ4v) is 1.83. The third-order valence-corrected chi connectivity index (χ3v) is 2.77. The lowest BCUT2D eigenvalue weighted by molar-refractivity contribution is 0.111. The predicted octanol–water partition coefficient (Wildman–Crippen LogP) is 1.02. The van der Waals surface area contributed by atoms with Gasteiger partial charge in [0.05, 0.1) is 13.1 Å². The topological polar surface area (TPSA) is 69.8 Å². The minimum Gasteiger partial charge on any atom is -0.296 e. The van der Waals surface area contributed by atoms with Crippen molar-refractivity contribution in [2.75, 3.05) is 0 Å². The molecule has 0 unspecified atom stereocenters. The zero-order chi connectivity index (χ0) is 13.1. The highest BCUT2D eigenvalue weighted by Gasteiger charge is 2.06. The summed E-state index contributed by atoms with van der Waals surface area (Å²) in [6, 6.07) is 3.47. The van der Waals surface area contributed by atoms with Gasteiger partial charge in [-0.3, -0.25) is 19.0 Å². The lowest BCUT2D eigenvalue weighted by atomic mass is 10.4.